The van der Waals surface area contributed by atoms with Gasteiger partial charge < -0.3 is 0 Å². The first-order valence-corrected chi connectivity index (χ1v) is 12.4. The van der Waals surface area contributed by atoms with Crippen LogP contribution in [0.1, 0.15) is 104 Å². The molecular formula is C35H48. The number of rotatable bonds is 4. The van der Waals surface area contributed by atoms with Crippen LogP contribution in [0.2, 0.25) is 0 Å². The second-order valence-electron chi connectivity index (χ2n) is 9.63. The number of hydrogen-bond donors (Lipinski definition) is 0. The highest BCUT2D eigenvalue weighted by Crippen LogP contribution is 2.27. The van der Waals surface area contributed by atoms with Gasteiger partial charge in [-0.25, -0.2) is 0 Å². The summed E-state index contributed by atoms with van der Waals surface area (Å²) < 4.78 is 0. The van der Waals surface area contributed by atoms with Crippen molar-refractivity contribution in [2.75, 3.05) is 0 Å². The van der Waals surface area contributed by atoms with Crippen LogP contribution in [0, 0.1) is 40.0 Å². The van der Waals surface area contributed by atoms with Gasteiger partial charge in [0.1, 0.15) is 0 Å². The number of benzene rings is 3. The van der Waals surface area contributed by atoms with Crippen LogP contribution < -0.4 is 0 Å². The molecule has 0 saturated heterocycles. The molecule has 0 aliphatic rings. The Morgan fingerprint density at radius 3 is 1.94 bits per heavy atom. The summed E-state index contributed by atoms with van der Waals surface area (Å²) in [5, 5.41) is 0. The van der Waals surface area contributed by atoms with Crippen LogP contribution in [0.25, 0.3) is 5.57 Å². The molecule has 0 radical (unpaired) electrons. The van der Waals surface area contributed by atoms with E-state index in [4.69, 9.17) is 6.42 Å². The Bertz CT molecular complexity index is 1120. The molecule has 0 amide bonds. The van der Waals surface area contributed by atoms with Gasteiger partial charge in [-0.1, -0.05) is 113 Å². The highest BCUT2D eigenvalue weighted by Gasteiger charge is 2.10. The normalized spacial score (nSPS) is 9.63. The van der Waals surface area contributed by atoms with Crippen molar-refractivity contribution in [2.24, 2.45) is 0 Å². The van der Waals surface area contributed by atoms with Gasteiger partial charge in [0.05, 0.1) is 0 Å². The molecule has 0 unspecified atom stereocenters. The number of allylic oxidation sites excluding steroid dienone is 1. The molecule has 0 fully saturated rings. The lowest BCUT2D eigenvalue weighted by molar-refractivity contribution is 0.865. The minimum Gasteiger partial charge on any atom is -0.115 e. The first kappa shape index (κ1) is 32.0. The van der Waals surface area contributed by atoms with Crippen LogP contribution in [0.15, 0.2) is 61.2 Å². The molecule has 0 heterocycles. The number of aryl methyl sites for hydroxylation is 4. The van der Waals surface area contributed by atoms with E-state index in [2.05, 4.69) is 123 Å². The third-order valence-electron chi connectivity index (χ3n) is 5.59. The zero-order valence-corrected chi connectivity index (χ0v) is 23.0. The Morgan fingerprint density at radius 1 is 0.857 bits per heavy atom. The average Bonchev–Trinajstić information content (AvgIpc) is 2.75. The predicted molar refractivity (Wildman–Crippen MR) is 161 cm³/mol. The van der Waals surface area contributed by atoms with E-state index in [0.29, 0.717) is 5.92 Å². The molecule has 0 aliphatic carbocycles. The van der Waals surface area contributed by atoms with Crippen molar-refractivity contribution in [3.63, 3.8) is 0 Å². The third-order valence-corrected chi connectivity index (χ3v) is 5.59. The molecule has 0 heteroatoms. The second-order valence-corrected chi connectivity index (χ2v) is 9.63. The Balaban J connectivity index is 0.000000692. The van der Waals surface area contributed by atoms with Crippen LogP contribution >= 0.6 is 0 Å². The lowest BCUT2D eigenvalue weighted by Gasteiger charge is -2.15. The van der Waals surface area contributed by atoms with Gasteiger partial charge in [-0.05, 0) is 92.5 Å². The van der Waals surface area contributed by atoms with Gasteiger partial charge in [0.25, 0.3) is 0 Å². The van der Waals surface area contributed by atoms with Gasteiger partial charge in [0, 0.05) is 5.56 Å². The monoisotopic (exact) mass is 468 g/mol. The van der Waals surface area contributed by atoms with Crippen molar-refractivity contribution in [3.8, 4) is 12.3 Å². The lowest BCUT2D eigenvalue weighted by atomic mass is 9.89. The average molecular weight is 469 g/mol. The largest absolute Gasteiger partial charge is 0.115 e. The molecular weight excluding hydrogens is 420 g/mol. The molecule has 0 atom stereocenters. The fraction of sp³-hybridized carbons (Fsp3) is 0.371. The quantitative estimate of drug-likeness (QED) is 0.334. The van der Waals surface area contributed by atoms with E-state index in [-0.39, 0.29) is 7.43 Å². The van der Waals surface area contributed by atoms with Gasteiger partial charge in [-0.2, -0.15) is 0 Å². The minimum atomic E-state index is 0. The third kappa shape index (κ3) is 10.4. The number of hydrogen-bond acceptors (Lipinski definition) is 0. The molecule has 3 aromatic carbocycles. The standard InChI is InChI=1S/C21H22.C10H14.C3H8.CH4/c1-7-18-8-9-19(16(5)12-18)13-20-11-15(4)10-17(6)21(20)14(2)3;1-8(2)10-6-4-5-9(3)7-10;1-3-2;/h1,8-12H,2,13H2,3-6H3;4-8H,1-3H3;3H2,1-2H3;1H4. The molecule has 0 bridgehead atoms. The van der Waals surface area contributed by atoms with Crippen molar-refractivity contribution in [1.82, 2.24) is 0 Å². The van der Waals surface area contributed by atoms with E-state index >= 15 is 0 Å². The summed E-state index contributed by atoms with van der Waals surface area (Å²) >= 11 is 0. The zero-order chi connectivity index (χ0) is 25.8. The van der Waals surface area contributed by atoms with Crippen molar-refractivity contribution in [1.29, 1.82) is 0 Å². The van der Waals surface area contributed by atoms with Crippen molar-refractivity contribution in [2.45, 2.75) is 88.5 Å². The molecule has 0 spiro atoms. The van der Waals surface area contributed by atoms with E-state index in [1.165, 1.54) is 50.9 Å². The molecule has 0 aliphatic heterocycles. The van der Waals surface area contributed by atoms with Gasteiger partial charge in [0.15, 0.2) is 0 Å². The molecule has 188 valence electrons. The van der Waals surface area contributed by atoms with E-state index in [0.717, 1.165) is 17.6 Å². The Kier molecular flexibility index (Phi) is 14.4. The molecule has 0 nitrogen and oxygen atoms in total. The fourth-order valence-electron chi connectivity index (χ4n) is 4.02. The Morgan fingerprint density at radius 2 is 1.49 bits per heavy atom. The first-order chi connectivity index (χ1) is 16.0. The zero-order valence-electron chi connectivity index (χ0n) is 23.0. The van der Waals surface area contributed by atoms with Crippen molar-refractivity contribution < 1.29 is 0 Å². The SMILES string of the molecule is C.C#Cc1ccc(Cc2cc(C)cc(C)c2C(=C)C)c(C)c1.CCC.Cc1cccc(C(C)C)c1. The van der Waals surface area contributed by atoms with Crippen LogP contribution in [-0.4, -0.2) is 0 Å². The maximum atomic E-state index is 5.46. The number of terminal acetylenes is 1. The van der Waals surface area contributed by atoms with Crippen LogP contribution in [0.3, 0.4) is 0 Å². The highest BCUT2D eigenvalue weighted by atomic mass is 14.1. The summed E-state index contributed by atoms with van der Waals surface area (Å²) in [5.74, 6) is 3.35. The van der Waals surface area contributed by atoms with Crippen LogP contribution in [-0.2, 0) is 6.42 Å². The molecule has 0 N–H and O–H groups in total. The summed E-state index contributed by atoms with van der Waals surface area (Å²) in [4.78, 5) is 0. The Hall–Kier alpha value is -3.04. The summed E-state index contributed by atoms with van der Waals surface area (Å²) in [7, 11) is 0. The smallest absolute Gasteiger partial charge is 0.0245 e. The first-order valence-electron chi connectivity index (χ1n) is 12.4. The fourth-order valence-corrected chi connectivity index (χ4v) is 4.02. The minimum absolute atomic E-state index is 0. The highest BCUT2D eigenvalue weighted by molar-refractivity contribution is 5.68. The van der Waals surface area contributed by atoms with E-state index in [9.17, 15) is 0 Å². The molecule has 35 heavy (non-hydrogen) atoms. The van der Waals surface area contributed by atoms with Gasteiger partial charge >= 0.3 is 0 Å². The van der Waals surface area contributed by atoms with Crippen molar-refractivity contribution >= 4 is 5.57 Å². The van der Waals surface area contributed by atoms with E-state index < -0.39 is 0 Å². The van der Waals surface area contributed by atoms with Gasteiger partial charge in [-0.15, -0.1) is 6.42 Å². The van der Waals surface area contributed by atoms with Gasteiger partial charge in [0.2, 0.25) is 0 Å². The summed E-state index contributed by atoms with van der Waals surface area (Å²) in [6.07, 6.45) is 7.63. The summed E-state index contributed by atoms with van der Waals surface area (Å²) in [5.41, 5.74) is 12.7. The molecule has 3 rings (SSSR count). The van der Waals surface area contributed by atoms with Crippen LogP contribution in [0.4, 0.5) is 0 Å². The summed E-state index contributed by atoms with van der Waals surface area (Å²) in [6, 6.07) is 19.4. The maximum Gasteiger partial charge on any atom is 0.0245 e. The van der Waals surface area contributed by atoms with Crippen molar-refractivity contribution in [3.05, 3.63) is 111 Å². The second kappa shape index (κ2) is 15.8. The topological polar surface area (TPSA) is 0 Å². The predicted octanol–water partition coefficient (Wildman–Crippen LogP) is 10.4. The van der Waals surface area contributed by atoms with Crippen LogP contribution in [0.5, 0.6) is 0 Å². The lowest BCUT2D eigenvalue weighted by Crippen LogP contribution is -2.00. The maximum absolute atomic E-state index is 5.46. The Labute approximate surface area is 217 Å². The van der Waals surface area contributed by atoms with Gasteiger partial charge in [-0.3, -0.25) is 0 Å². The van der Waals surface area contributed by atoms with E-state index in [1.54, 1.807) is 0 Å². The van der Waals surface area contributed by atoms with E-state index in [1.807, 2.05) is 6.07 Å². The molecule has 0 aromatic heterocycles. The summed E-state index contributed by atoms with van der Waals surface area (Å²) in [6.45, 7) is 23.5. The molecule has 3 aromatic rings. The molecule has 0 saturated carbocycles.